The minimum Gasteiger partial charge on any atom is -0.271 e. The van der Waals surface area contributed by atoms with Crippen LogP contribution in [0, 0.1) is 0 Å². The van der Waals surface area contributed by atoms with Crippen LogP contribution in [0.15, 0.2) is 60.7 Å². The third-order valence-electron chi connectivity index (χ3n) is 8.69. The molecule has 3 heteroatoms. The maximum absolute atomic E-state index is 14.1. The number of amides is 2. The molecule has 0 aromatic heterocycles. The van der Waals surface area contributed by atoms with E-state index in [1.54, 1.807) is 4.90 Å². The molecular formula is C35H37NO2. The fourth-order valence-corrected chi connectivity index (χ4v) is 6.79. The Morgan fingerprint density at radius 3 is 1.55 bits per heavy atom. The second-order valence-corrected chi connectivity index (χ2v) is 11.1. The van der Waals surface area contributed by atoms with Crippen molar-refractivity contribution in [1.82, 2.24) is 4.90 Å². The van der Waals surface area contributed by atoms with Gasteiger partial charge in [-0.25, -0.2) is 0 Å². The molecule has 0 fully saturated rings. The molecule has 3 nitrogen and oxygen atoms in total. The summed E-state index contributed by atoms with van der Waals surface area (Å²) >= 11 is 0. The van der Waals surface area contributed by atoms with Gasteiger partial charge in [0.1, 0.15) is 0 Å². The second kappa shape index (κ2) is 10.4. The Hall–Kier alpha value is -3.46. The molecule has 38 heavy (non-hydrogen) atoms. The minimum atomic E-state index is -0.112. The van der Waals surface area contributed by atoms with Gasteiger partial charge in [-0.1, -0.05) is 114 Å². The molecule has 194 valence electrons. The summed E-state index contributed by atoms with van der Waals surface area (Å²) in [6.45, 7) is 4.43. The first-order valence-electron chi connectivity index (χ1n) is 14.7. The van der Waals surface area contributed by atoms with E-state index in [0.29, 0.717) is 11.1 Å². The lowest BCUT2D eigenvalue weighted by molar-refractivity contribution is 0.0517. The summed E-state index contributed by atoms with van der Waals surface area (Å²) in [5.41, 5.74) is 1.36. The van der Waals surface area contributed by atoms with Crippen molar-refractivity contribution in [3.05, 3.63) is 71.8 Å². The van der Waals surface area contributed by atoms with Gasteiger partial charge in [-0.05, 0) is 62.7 Å². The van der Waals surface area contributed by atoms with Gasteiger partial charge in [0, 0.05) is 22.6 Å². The number of carbonyl (C=O) groups excluding carboxylic acids is 2. The van der Waals surface area contributed by atoms with Crippen LogP contribution in [-0.2, 0) is 0 Å². The molecule has 0 saturated carbocycles. The number of hydrogen-bond acceptors (Lipinski definition) is 2. The number of nitrogens with zero attached hydrogens (tertiary/aromatic N) is 1. The van der Waals surface area contributed by atoms with Gasteiger partial charge >= 0.3 is 0 Å². The number of unbranched alkanes of at least 4 members (excludes halogenated alkanes) is 6. The molecule has 0 spiro atoms. The molecule has 1 aliphatic heterocycles. The van der Waals surface area contributed by atoms with Gasteiger partial charge in [0.25, 0.3) is 11.8 Å². The summed E-state index contributed by atoms with van der Waals surface area (Å²) in [5, 5.41) is 8.96. The molecule has 1 heterocycles. The molecule has 1 aliphatic rings. The molecule has 0 radical (unpaired) electrons. The Kier molecular flexibility index (Phi) is 6.78. The molecule has 0 N–H and O–H groups in total. The van der Waals surface area contributed by atoms with Crippen molar-refractivity contribution >= 4 is 54.9 Å². The molecule has 5 aromatic carbocycles. The third-order valence-corrected chi connectivity index (χ3v) is 8.69. The first-order valence-corrected chi connectivity index (χ1v) is 14.7. The van der Waals surface area contributed by atoms with Crippen LogP contribution in [0.1, 0.15) is 98.8 Å². The van der Waals surface area contributed by atoms with E-state index in [0.717, 1.165) is 60.1 Å². The van der Waals surface area contributed by atoms with E-state index in [-0.39, 0.29) is 17.9 Å². The summed E-state index contributed by atoms with van der Waals surface area (Å²) in [7, 11) is 0. The van der Waals surface area contributed by atoms with Crippen molar-refractivity contribution in [1.29, 1.82) is 0 Å². The molecule has 6 rings (SSSR count). The van der Waals surface area contributed by atoms with E-state index in [2.05, 4.69) is 62.4 Å². The van der Waals surface area contributed by atoms with Crippen molar-refractivity contribution in [2.75, 3.05) is 0 Å². The van der Waals surface area contributed by atoms with Crippen LogP contribution in [-0.4, -0.2) is 22.8 Å². The van der Waals surface area contributed by atoms with Crippen LogP contribution in [0.5, 0.6) is 0 Å². The molecule has 0 unspecified atom stereocenters. The Morgan fingerprint density at radius 1 is 0.553 bits per heavy atom. The molecule has 0 aliphatic carbocycles. The van der Waals surface area contributed by atoms with E-state index >= 15 is 0 Å². The smallest absolute Gasteiger partial charge is 0.261 e. The molecule has 2 amide bonds. The highest BCUT2D eigenvalue weighted by molar-refractivity contribution is 6.38. The van der Waals surface area contributed by atoms with E-state index < -0.39 is 0 Å². The van der Waals surface area contributed by atoms with Crippen LogP contribution in [0.25, 0.3) is 43.1 Å². The van der Waals surface area contributed by atoms with Crippen molar-refractivity contribution in [3.63, 3.8) is 0 Å². The number of carbonyl (C=O) groups is 2. The van der Waals surface area contributed by atoms with Gasteiger partial charge in [-0.15, -0.1) is 0 Å². The van der Waals surface area contributed by atoms with E-state index in [9.17, 15) is 9.59 Å². The Balaban J connectivity index is 1.48. The number of rotatable bonds is 11. The largest absolute Gasteiger partial charge is 0.271 e. The van der Waals surface area contributed by atoms with E-state index in [1.807, 2.05) is 12.1 Å². The predicted octanol–water partition coefficient (Wildman–Crippen LogP) is 9.64. The van der Waals surface area contributed by atoms with Crippen LogP contribution in [0.3, 0.4) is 0 Å². The van der Waals surface area contributed by atoms with Crippen molar-refractivity contribution in [2.45, 2.75) is 84.1 Å². The highest BCUT2D eigenvalue weighted by Gasteiger charge is 2.37. The van der Waals surface area contributed by atoms with Crippen LogP contribution < -0.4 is 0 Å². The number of fused-ring (bicyclic) bond motifs is 2. The summed E-state index contributed by atoms with van der Waals surface area (Å²) in [5.74, 6) is -0.224. The quantitative estimate of drug-likeness (QED) is 0.0778. The van der Waals surface area contributed by atoms with Gasteiger partial charge in [0.05, 0.1) is 0 Å². The van der Waals surface area contributed by atoms with Crippen LogP contribution >= 0.6 is 0 Å². The van der Waals surface area contributed by atoms with Gasteiger partial charge in [0.15, 0.2) is 0 Å². The lowest BCUT2D eigenvalue weighted by atomic mass is 9.84. The van der Waals surface area contributed by atoms with Crippen molar-refractivity contribution in [2.24, 2.45) is 0 Å². The Labute approximate surface area is 225 Å². The highest BCUT2D eigenvalue weighted by atomic mass is 16.2. The van der Waals surface area contributed by atoms with E-state index in [4.69, 9.17) is 0 Å². The fourth-order valence-electron chi connectivity index (χ4n) is 6.79. The van der Waals surface area contributed by atoms with Crippen LogP contribution in [0.2, 0.25) is 0 Å². The van der Waals surface area contributed by atoms with Gasteiger partial charge < -0.3 is 0 Å². The summed E-state index contributed by atoms with van der Waals surface area (Å²) < 4.78 is 0. The first kappa shape index (κ1) is 24.9. The second-order valence-electron chi connectivity index (χ2n) is 11.1. The SMILES string of the molecule is CCCCCCC(CCCCCC)N1C(=O)c2ccc3c4cccc5cccc(c6ccc(c2c36)C1=O)c54. The zero-order valence-electron chi connectivity index (χ0n) is 22.7. The summed E-state index contributed by atoms with van der Waals surface area (Å²) in [6, 6.07) is 21.0. The maximum atomic E-state index is 14.1. The highest BCUT2D eigenvalue weighted by Crippen LogP contribution is 2.44. The number of benzene rings is 5. The Bertz CT molecular complexity index is 1540. The number of hydrogen-bond donors (Lipinski definition) is 0. The van der Waals surface area contributed by atoms with Crippen molar-refractivity contribution in [3.8, 4) is 0 Å². The first-order chi connectivity index (χ1) is 18.7. The third kappa shape index (κ3) is 3.95. The molecular weight excluding hydrogens is 466 g/mol. The number of imide groups is 1. The standard InChI is InChI=1S/C35H37NO2/c1-3-5-7-9-15-24(16-10-8-6-4-2)36-34(37)29-21-19-27-25-17-11-13-23-14-12-18-26(31(23)25)28-20-22-30(35(36)38)33(29)32(27)28/h11-14,17-22,24H,3-10,15-16H2,1-2H3. The zero-order valence-corrected chi connectivity index (χ0v) is 22.7. The summed E-state index contributed by atoms with van der Waals surface area (Å²) in [6.07, 6.45) is 11.0. The Morgan fingerprint density at radius 2 is 1.05 bits per heavy atom. The maximum Gasteiger partial charge on any atom is 0.261 e. The molecule has 5 aromatic rings. The van der Waals surface area contributed by atoms with Gasteiger partial charge in [-0.3, -0.25) is 14.5 Å². The molecule has 0 bridgehead atoms. The van der Waals surface area contributed by atoms with Crippen molar-refractivity contribution < 1.29 is 9.59 Å². The predicted molar refractivity (Wildman–Crippen MR) is 159 cm³/mol. The van der Waals surface area contributed by atoms with Crippen LogP contribution in [0.4, 0.5) is 0 Å². The normalized spacial score (nSPS) is 13.8. The zero-order chi connectivity index (χ0) is 26.2. The molecule has 0 saturated heterocycles. The lowest BCUT2D eigenvalue weighted by Gasteiger charge is -2.34. The van der Waals surface area contributed by atoms with E-state index in [1.165, 1.54) is 47.2 Å². The summed E-state index contributed by atoms with van der Waals surface area (Å²) in [4.78, 5) is 29.8. The topological polar surface area (TPSA) is 37.4 Å². The fraction of sp³-hybridized carbons (Fsp3) is 0.371. The lowest BCUT2D eigenvalue weighted by Crippen LogP contribution is -2.47. The minimum absolute atomic E-state index is 0.0337. The van der Waals surface area contributed by atoms with Gasteiger partial charge in [-0.2, -0.15) is 0 Å². The molecule has 0 atom stereocenters. The average molecular weight is 504 g/mol. The monoisotopic (exact) mass is 503 g/mol. The van der Waals surface area contributed by atoms with Gasteiger partial charge in [0.2, 0.25) is 0 Å². The average Bonchev–Trinajstić information content (AvgIpc) is 2.94.